The Kier molecular flexibility index (Phi) is 11.3. The monoisotopic (exact) mass is 668 g/mol. The number of ether oxygens (including phenoxy) is 1. The third kappa shape index (κ3) is 9.25. The van der Waals surface area contributed by atoms with Crippen molar-refractivity contribution in [3.63, 3.8) is 0 Å². The summed E-state index contributed by atoms with van der Waals surface area (Å²) in [7, 11) is 3.67. The number of alkyl halides is 3. The first-order valence-electron chi connectivity index (χ1n) is 15.2. The summed E-state index contributed by atoms with van der Waals surface area (Å²) >= 11 is 0. The van der Waals surface area contributed by atoms with Gasteiger partial charge in [-0.3, -0.25) is 19.1 Å². The van der Waals surface area contributed by atoms with Crippen LogP contribution >= 0.6 is 0 Å². The van der Waals surface area contributed by atoms with Crippen molar-refractivity contribution < 1.29 is 37.7 Å². The van der Waals surface area contributed by atoms with E-state index in [1.165, 1.54) is 17.6 Å². The number of rotatable bonds is 13. The number of aromatic nitrogens is 3. The van der Waals surface area contributed by atoms with E-state index >= 15 is 0 Å². The molecule has 0 saturated heterocycles. The van der Waals surface area contributed by atoms with Crippen molar-refractivity contribution in [3.8, 4) is 34.3 Å². The lowest BCUT2D eigenvalue weighted by Gasteiger charge is -2.18. The van der Waals surface area contributed by atoms with E-state index in [2.05, 4.69) is 15.1 Å². The number of nitrogens with zero attached hydrogens (tertiary/aromatic N) is 5. The van der Waals surface area contributed by atoms with Gasteiger partial charge < -0.3 is 25.2 Å². The Morgan fingerprint density at radius 2 is 1.54 bits per heavy atom. The Labute approximate surface area is 276 Å². The standard InChI is InChI=1S/C34H39F3N6O5/c1-21(2)27-16-28(30(46)17-29(27)45)31-39-40-32(33(47)38-20-34(35,36)37)43(31)25-10-6-23(7-11-25)18-41(4)19-24-8-12-26(13-9-24)48-15-14-42(5)22(3)44/h6-13,16-17,21,45-46H,14-15,18-20H2,1-5H3,(H,38,47). The van der Waals surface area contributed by atoms with Gasteiger partial charge in [-0.05, 0) is 60.0 Å². The molecule has 256 valence electrons. The second-order valence-corrected chi connectivity index (χ2v) is 11.8. The van der Waals surface area contributed by atoms with Gasteiger partial charge in [-0.2, -0.15) is 13.2 Å². The molecule has 0 fully saturated rings. The number of halogens is 3. The zero-order valence-electron chi connectivity index (χ0n) is 27.4. The molecule has 0 aliphatic rings. The average Bonchev–Trinajstić information content (AvgIpc) is 3.45. The minimum atomic E-state index is -4.64. The number of carbonyl (C=O) groups excluding carboxylic acids is 2. The summed E-state index contributed by atoms with van der Waals surface area (Å²) in [5.41, 5.74) is 2.99. The number of nitrogens with one attached hydrogen (secondary N) is 1. The Bertz CT molecular complexity index is 1720. The number of amides is 2. The average molecular weight is 669 g/mol. The van der Waals surface area contributed by atoms with Crippen LogP contribution in [-0.2, 0) is 17.9 Å². The van der Waals surface area contributed by atoms with Gasteiger partial charge in [-0.15, -0.1) is 10.2 Å². The molecule has 3 aromatic carbocycles. The Morgan fingerprint density at radius 3 is 2.10 bits per heavy atom. The Morgan fingerprint density at radius 1 is 0.938 bits per heavy atom. The SMILES string of the molecule is CC(=O)N(C)CCOc1ccc(CN(C)Cc2ccc(-n3c(C(=O)NCC(F)(F)F)nnc3-c3cc(C(C)C)c(O)cc3O)cc2)cc1. The summed E-state index contributed by atoms with van der Waals surface area (Å²) in [5, 5.41) is 30.8. The lowest BCUT2D eigenvalue weighted by Crippen LogP contribution is -2.35. The molecule has 0 spiro atoms. The smallest absolute Gasteiger partial charge is 0.405 e. The molecule has 0 unspecified atom stereocenters. The summed E-state index contributed by atoms with van der Waals surface area (Å²) in [6, 6.07) is 17.4. The molecule has 1 aromatic heterocycles. The molecule has 1 heterocycles. The zero-order chi connectivity index (χ0) is 35.2. The molecule has 4 aromatic rings. The Hall–Kier alpha value is -5.11. The van der Waals surface area contributed by atoms with Crippen molar-refractivity contribution in [3.05, 3.63) is 83.2 Å². The molecule has 2 amide bonds. The van der Waals surface area contributed by atoms with E-state index in [4.69, 9.17) is 4.74 Å². The lowest BCUT2D eigenvalue weighted by atomic mass is 9.98. The first kappa shape index (κ1) is 35.7. The fourth-order valence-electron chi connectivity index (χ4n) is 4.92. The van der Waals surface area contributed by atoms with Crippen LogP contribution in [0, 0.1) is 0 Å². The molecule has 3 N–H and O–H groups in total. The third-order valence-electron chi connectivity index (χ3n) is 7.58. The van der Waals surface area contributed by atoms with Gasteiger partial charge in [0.05, 0.1) is 12.1 Å². The number of benzene rings is 3. The fourth-order valence-corrected chi connectivity index (χ4v) is 4.92. The van der Waals surface area contributed by atoms with Crippen LogP contribution in [-0.4, -0.2) is 86.6 Å². The van der Waals surface area contributed by atoms with Gasteiger partial charge in [-0.1, -0.05) is 38.1 Å². The number of phenols is 2. The van der Waals surface area contributed by atoms with Crippen LogP contribution in [0.2, 0.25) is 0 Å². The highest BCUT2D eigenvalue weighted by Gasteiger charge is 2.30. The van der Waals surface area contributed by atoms with Gasteiger partial charge >= 0.3 is 6.18 Å². The highest BCUT2D eigenvalue weighted by molar-refractivity contribution is 5.92. The van der Waals surface area contributed by atoms with Crippen LogP contribution in [0.25, 0.3) is 17.1 Å². The fraction of sp³-hybridized carbons (Fsp3) is 0.353. The summed E-state index contributed by atoms with van der Waals surface area (Å²) in [5.74, 6) is -1.43. The Balaban J connectivity index is 1.53. The van der Waals surface area contributed by atoms with Crippen molar-refractivity contribution in [1.82, 2.24) is 29.9 Å². The highest BCUT2D eigenvalue weighted by atomic mass is 19.4. The lowest BCUT2D eigenvalue weighted by molar-refractivity contribution is -0.128. The van der Waals surface area contributed by atoms with Crippen LogP contribution in [0.15, 0.2) is 60.7 Å². The molecule has 11 nitrogen and oxygen atoms in total. The molecule has 48 heavy (non-hydrogen) atoms. The highest BCUT2D eigenvalue weighted by Crippen LogP contribution is 2.38. The number of likely N-dealkylation sites (N-methyl/N-ethyl adjacent to an activating group) is 1. The van der Waals surface area contributed by atoms with Crippen molar-refractivity contribution in [2.45, 2.75) is 46.0 Å². The van der Waals surface area contributed by atoms with Crippen molar-refractivity contribution in [2.24, 2.45) is 0 Å². The minimum absolute atomic E-state index is 0.00901. The van der Waals surface area contributed by atoms with Gasteiger partial charge in [0.15, 0.2) is 5.82 Å². The van der Waals surface area contributed by atoms with Gasteiger partial charge in [0.2, 0.25) is 11.7 Å². The number of aromatic hydroxyl groups is 2. The van der Waals surface area contributed by atoms with E-state index in [1.54, 1.807) is 24.1 Å². The van der Waals surface area contributed by atoms with Crippen LogP contribution in [0.3, 0.4) is 0 Å². The normalized spacial score (nSPS) is 11.6. The van der Waals surface area contributed by atoms with Gasteiger partial charge in [0.1, 0.15) is 30.4 Å². The molecule has 4 rings (SSSR count). The van der Waals surface area contributed by atoms with E-state index < -0.39 is 24.5 Å². The number of phenolic OH excluding ortho intramolecular Hbond substituents is 2. The molecule has 0 aliphatic carbocycles. The van der Waals surface area contributed by atoms with E-state index in [-0.39, 0.29) is 34.7 Å². The summed E-state index contributed by atoms with van der Waals surface area (Å²) < 4.78 is 45.7. The van der Waals surface area contributed by atoms with E-state index in [0.717, 1.165) is 17.2 Å². The molecule has 0 saturated carbocycles. The second kappa shape index (κ2) is 15.2. The summed E-state index contributed by atoms with van der Waals surface area (Å²) in [6.45, 7) is 5.69. The first-order valence-corrected chi connectivity index (χ1v) is 15.2. The maximum atomic E-state index is 12.9. The number of hydrogen-bond acceptors (Lipinski definition) is 8. The molecule has 0 aliphatic heterocycles. The molecule has 0 bridgehead atoms. The predicted molar refractivity (Wildman–Crippen MR) is 173 cm³/mol. The van der Waals surface area contributed by atoms with Crippen molar-refractivity contribution in [1.29, 1.82) is 0 Å². The minimum Gasteiger partial charge on any atom is -0.508 e. The van der Waals surface area contributed by atoms with Gasteiger partial charge in [-0.25, -0.2) is 0 Å². The maximum absolute atomic E-state index is 12.9. The zero-order valence-corrected chi connectivity index (χ0v) is 27.4. The first-order chi connectivity index (χ1) is 22.6. The maximum Gasteiger partial charge on any atom is 0.405 e. The van der Waals surface area contributed by atoms with Crippen LogP contribution in [0.4, 0.5) is 13.2 Å². The van der Waals surface area contributed by atoms with E-state index in [1.807, 2.05) is 62.6 Å². The van der Waals surface area contributed by atoms with Gasteiger partial charge in [0.25, 0.3) is 5.91 Å². The van der Waals surface area contributed by atoms with Crippen LogP contribution in [0.1, 0.15) is 54.0 Å². The number of hydrogen-bond donors (Lipinski definition) is 3. The molecule has 0 radical (unpaired) electrons. The number of carbonyl (C=O) groups is 2. The van der Waals surface area contributed by atoms with E-state index in [9.17, 15) is 33.0 Å². The van der Waals surface area contributed by atoms with Crippen LogP contribution in [0.5, 0.6) is 17.2 Å². The van der Waals surface area contributed by atoms with E-state index in [0.29, 0.717) is 43.2 Å². The quantitative estimate of drug-likeness (QED) is 0.176. The molecular formula is C34H39F3N6O5. The molecule has 14 heteroatoms. The molecular weight excluding hydrogens is 629 g/mol. The predicted octanol–water partition coefficient (Wildman–Crippen LogP) is 5.25. The van der Waals surface area contributed by atoms with Crippen LogP contribution < -0.4 is 10.1 Å². The summed E-state index contributed by atoms with van der Waals surface area (Å²) in [6.07, 6.45) is -4.64. The topological polar surface area (TPSA) is 133 Å². The largest absolute Gasteiger partial charge is 0.508 e. The van der Waals surface area contributed by atoms with Crippen molar-refractivity contribution >= 4 is 11.8 Å². The molecule has 0 atom stereocenters. The van der Waals surface area contributed by atoms with Crippen molar-refractivity contribution in [2.75, 3.05) is 33.8 Å². The third-order valence-corrected chi connectivity index (χ3v) is 7.58. The van der Waals surface area contributed by atoms with Gasteiger partial charge in [0, 0.05) is 38.8 Å². The summed E-state index contributed by atoms with van der Waals surface area (Å²) in [4.78, 5) is 27.9. The second-order valence-electron chi connectivity index (χ2n) is 11.8.